The molecule has 5 heteroatoms. The first kappa shape index (κ1) is 15.1. The molecule has 0 aliphatic heterocycles. The Balaban J connectivity index is 2.20. The van der Waals surface area contributed by atoms with Gasteiger partial charge in [-0.05, 0) is 52.7 Å². The van der Waals surface area contributed by atoms with Gasteiger partial charge in [0.25, 0.3) is 0 Å². The fraction of sp³-hybridized carbons (Fsp3) is 0.200. The molecule has 0 aromatic heterocycles. The van der Waals surface area contributed by atoms with Crippen molar-refractivity contribution in [2.45, 2.75) is 13.5 Å². The Morgan fingerprint density at radius 3 is 2.80 bits per heavy atom. The lowest BCUT2D eigenvalue weighted by Crippen LogP contribution is -2.03. The molecule has 2 rings (SSSR count). The maximum atomic E-state index is 13.1. The maximum absolute atomic E-state index is 13.1. The molecule has 0 aliphatic rings. The van der Waals surface area contributed by atoms with Crippen LogP contribution in [0.25, 0.3) is 0 Å². The van der Waals surface area contributed by atoms with Gasteiger partial charge in [-0.3, -0.25) is 0 Å². The van der Waals surface area contributed by atoms with E-state index in [0.717, 1.165) is 15.7 Å². The van der Waals surface area contributed by atoms with Gasteiger partial charge < -0.3 is 10.1 Å². The standard InChI is InChI=1S/C15H14BrClFNO/c1-2-20-15-13(16)7-11(17)8-14(15)19-9-10-4-3-5-12(18)6-10/h3-8,19H,2,9H2,1H3. The lowest BCUT2D eigenvalue weighted by atomic mass is 10.2. The molecule has 0 heterocycles. The summed E-state index contributed by atoms with van der Waals surface area (Å²) in [7, 11) is 0. The fourth-order valence-corrected chi connectivity index (χ4v) is 2.75. The summed E-state index contributed by atoms with van der Waals surface area (Å²) in [6, 6.07) is 10.0. The van der Waals surface area contributed by atoms with Crippen molar-refractivity contribution in [3.05, 3.63) is 57.3 Å². The van der Waals surface area contributed by atoms with Gasteiger partial charge in [0.2, 0.25) is 0 Å². The first-order chi connectivity index (χ1) is 9.60. The molecular formula is C15H14BrClFNO. The summed E-state index contributed by atoms with van der Waals surface area (Å²) in [6.07, 6.45) is 0. The molecule has 0 spiro atoms. The second-order valence-corrected chi connectivity index (χ2v) is 5.47. The summed E-state index contributed by atoms with van der Waals surface area (Å²) in [5.74, 6) is 0.454. The van der Waals surface area contributed by atoms with Gasteiger partial charge in [0.15, 0.2) is 5.75 Å². The topological polar surface area (TPSA) is 21.3 Å². The minimum Gasteiger partial charge on any atom is -0.491 e. The summed E-state index contributed by atoms with van der Waals surface area (Å²) in [5.41, 5.74) is 1.62. The van der Waals surface area contributed by atoms with Crippen molar-refractivity contribution >= 4 is 33.2 Å². The molecule has 1 N–H and O–H groups in total. The van der Waals surface area contributed by atoms with E-state index in [9.17, 15) is 4.39 Å². The smallest absolute Gasteiger partial charge is 0.156 e. The zero-order valence-electron chi connectivity index (χ0n) is 10.9. The molecule has 0 saturated heterocycles. The Labute approximate surface area is 131 Å². The van der Waals surface area contributed by atoms with E-state index in [2.05, 4.69) is 21.2 Å². The van der Waals surface area contributed by atoms with E-state index in [1.165, 1.54) is 12.1 Å². The highest BCUT2D eigenvalue weighted by Crippen LogP contribution is 2.36. The van der Waals surface area contributed by atoms with Crippen LogP contribution in [0.4, 0.5) is 10.1 Å². The molecule has 0 unspecified atom stereocenters. The summed E-state index contributed by atoms with van der Waals surface area (Å²) in [4.78, 5) is 0. The molecule has 0 radical (unpaired) electrons. The molecule has 0 saturated carbocycles. The van der Waals surface area contributed by atoms with Crippen molar-refractivity contribution in [3.63, 3.8) is 0 Å². The average Bonchev–Trinajstić information content (AvgIpc) is 2.40. The third-order valence-electron chi connectivity index (χ3n) is 2.67. The Bertz CT molecular complexity index is 606. The van der Waals surface area contributed by atoms with Gasteiger partial charge in [-0.25, -0.2) is 4.39 Å². The van der Waals surface area contributed by atoms with Crippen LogP contribution in [0, 0.1) is 5.82 Å². The number of rotatable bonds is 5. The van der Waals surface area contributed by atoms with Crippen LogP contribution in [0.5, 0.6) is 5.75 Å². The summed E-state index contributed by atoms with van der Waals surface area (Å²) >= 11 is 9.47. The number of nitrogens with one attached hydrogen (secondary N) is 1. The quantitative estimate of drug-likeness (QED) is 0.788. The molecule has 2 nitrogen and oxygen atoms in total. The van der Waals surface area contributed by atoms with Crippen molar-refractivity contribution < 1.29 is 9.13 Å². The highest BCUT2D eigenvalue weighted by atomic mass is 79.9. The Kier molecular flexibility index (Phi) is 5.26. The molecule has 0 bridgehead atoms. The maximum Gasteiger partial charge on any atom is 0.156 e. The van der Waals surface area contributed by atoms with E-state index in [-0.39, 0.29) is 5.82 Å². The van der Waals surface area contributed by atoms with Gasteiger partial charge in [0.1, 0.15) is 5.82 Å². The first-order valence-corrected chi connectivity index (χ1v) is 7.37. The number of halogens is 3. The molecule has 2 aromatic carbocycles. The van der Waals surface area contributed by atoms with Crippen molar-refractivity contribution in [3.8, 4) is 5.75 Å². The van der Waals surface area contributed by atoms with E-state index in [0.29, 0.717) is 23.9 Å². The van der Waals surface area contributed by atoms with Crippen LogP contribution in [-0.2, 0) is 6.54 Å². The normalized spacial score (nSPS) is 10.4. The molecule has 106 valence electrons. The molecular weight excluding hydrogens is 345 g/mol. The minimum atomic E-state index is -0.249. The Morgan fingerprint density at radius 1 is 1.30 bits per heavy atom. The molecule has 0 amide bonds. The van der Waals surface area contributed by atoms with Crippen LogP contribution in [0.15, 0.2) is 40.9 Å². The van der Waals surface area contributed by atoms with E-state index in [1.807, 2.05) is 13.0 Å². The highest BCUT2D eigenvalue weighted by Gasteiger charge is 2.10. The number of hydrogen-bond donors (Lipinski definition) is 1. The predicted octanol–water partition coefficient (Wildman–Crippen LogP) is 5.25. The van der Waals surface area contributed by atoms with Crippen LogP contribution in [0.2, 0.25) is 5.02 Å². The van der Waals surface area contributed by atoms with Crippen molar-refractivity contribution in [1.82, 2.24) is 0 Å². The summed E-state index contributed by atoms with van der Waals surface area (Å²) in [5, 5.41) is 3.82. The number of anilines is 1. The molecule has 0 fully saturated rings. The van der Waals surface area contributed by atoms with Crippen LogP contribution in [0.3, 0.4) is 0 Å². The fourth-order valence-electron chi connectivity index (χ4n) is 1.83. The number of hydrogen-bond acceptors (Lipinski definition) is 2. The molecule has 2 aromatic rings. The molecule has 0 aliphatic carbocycles. The first-order valence-electron chi connectivity index (χ1n) is 6.20. The third-order valence-corrected chi connectivity index (χ3v) is 3.48. The van der Waals surface area contributed by atoms with Crippen molar-refractivity contribution in [2.75, 3.05) is 11.9 Å². The van der Waals surface area contributed by atoms with Crippen LogP contribution < -0.4 is 10.1 Å². The van der Waals surface area contributed by atoms with E-state index in [4.69, 9.17) is 16.3 Å². The van der Waals surface area contributed by atoms with Crippen molar-refractivity contribution in [2.24, 2.45) is 0 Å². The van der Waals surface area contributed by atoms with E-state index >= 15 is 0 Å². The lowest BCUT2D eigenvalue weighted by Gasteiger charge is -2.14. The summed E-state index contributed by atoms with van der Waals surface area (Å²) in [6.45, 7) is 2.96. The predicted molar refractivity (Wildman–Crippen MR) is 84.0 cm³/mol. The van der Waals surface area contributed by atoms with Gasteiger partial charge in [-0.2, -0.15) is 0 Å². The number of benzene rings is 2. The average molecular weight is 359 g/mol. The second-order valence-electron chi connectivity index (χ2n) is 4.18. The monoisotopic (exact) mass is 357 g/mol. The summed E-state index contributed by atoms with van der Waals surface area (Å²) < 4.78 is 19.5. The van der Waals surface area contributed by atoms with Gasteiger partial charge in [0, 0.05) is 11.6 Å². The van der Waals surface area contributed by atoms with Crippen LogP contribution in [-0.4, -0.2) is 6.61 Å². The van der Waals surface area contributed by atoms with Gasteiger partial charge in [0.05, 0.1) is 16.8 Å². The van der Waals surface area contributed by atoms with Crippen LogP contribution in [0.1, 0.15) is 12.5 Å². The molecule has 0 atom stereocenters. The lowest BCUT2D eigenvalue weighted by molar-refractivity contribution is 0.339. The molecule has 20 heavy (non-hydrogen) atoms. The zero-order valence-corrected chi connectivity index (χ0v) is 13.3. The van der Waals surface area contributed by atoms with Crippen LogP contribution >= 0.6 is 27.5 Å². The van der Waals surface area contributed by atoms with E-state index in [1.54, 1.807) is 18.2 Å². The Morgan fingerprint density at radius 2 is 2.10 bits per heavy atom. The largest absolute Gasteiger partial charge is 0.491 e. The SMILES string of the molecule is CCOc1c(Br)cc(Cl)cc1NCc1cccc(F)c1. The second kappa shape index (κ2) is 6.95. The minimum absolute atomic E-state index is 0.249. The van der Waals surface area contributed by atoms with Gasteiger partial charge in [-0.1, -0.05) is 23.7 Å². The van der Waals surface area contributed by atoms with Gasteiger partial charge in [-0.15, -0.1) is 0 Å². The van der Waals surface area contributed by atoms with Crippen molar-refractivity contribution in [1.29, 1.82) is 0 Å². The Hall–Kier alpha value is -1.26. The van der Waals surface area contributed by atoms with E-state index < -0.39 is 0 Å². The zero-order chi connectivity index (χ0) is 14.5. The third kappa shape index (κ3) is 3.87. The van der Waals surface area contributed by atoms with Gasteiger partial charge >= 0.3 is 0 Å². The number of ether oxygens (including phenoxy) is 1. The highest BCUT2D eigenvalue weighted by molar-refractivity contribution is 9.10.